The van der Waals surface area contributed by atoms with Gasteiger partial charge < -0.3 is 0 Å². The third-order valence-electron chi connectivity index (χ3n) is 13.0. The summed E-state index contributed by atoms with van der Waals surface area (Å²) in [5.74, 6) is 0. The van der Waals surface area contributed by atoms with Crippen molar-refractivity contribution in [2.75, 3.05) is 0 Å². The number of fused-ring (bicyclic) bond motifs is 17. The van der Waals surface area contributed by atoms with E-state index in [1.807, 2.05) is 219 Å². The fraction of sp³-hybridized carbons (Fsp3) is 0.167. The highest BCUT2D eigenvalue weighted by atomic mass is 14.8. The van der Waals surface area contributed by atoms with Crippen LogP contribution in [0.5, 0.6) is 0 Å². The molecule has 0 saturated heterocycles. The summed E-state index contributed by atoms with van der Waals surface area (Å²) in [7, 11) is 0. The third kappa shape index (κ3) is 22.1. The van der Waals surface area contributed by atoms with E-state index in [1.165, 1.54) is 54.8 Å². The Morgan fingerprint density at radius 1 is 0.167 bits per heavy atom. The van der Waals surface area contributed by atoms with Gasteiger partial charge in [0.15, 0.2) is 5.65 Å². The molecule has 488 valence electrons. The van der Waals surface area contributed by atoms with Gasteiger partial charge in [-0.1, -0.05) is 236 Å². The normalized spacial score (nSPS) is 9.35. The Morgan fingerprint density at radius 3 is 0.781 bits per heavy atom. The molecular formula is C84H92N12. The molecule has 10 aromatic heterocycles. The first-order valence-corrected chi connectivity index (χ1v) is 33.4. The van der Waals surface area contributed by atoms with E-state index >= 15 is 0 Å². The zero-order valence-corrected chi connectivity index (χ0v) is 58.2. The van der Waals surface area contributed by atoms with E-state index in [2.05, 4.69) is 169 Å². The van der Waals surface area contributed by atoms with Gasteiger partial charge in [0.25, 0.3) is 0 Å². The first kappa shape index (κ1) is 77.0. The van der Waals surface area contributed by atoms with Crippen LogP contribution >= 0.6 is 0 Å². The highest BCUT2D eigenvalue weighted by Crippen LogP contribution is 2.34. The molecule has 0 aliphatic rings. The quantitative estimate of drug-likeness (QED) is 0.133. The van der Waals surface area contributed by atoms with E-state index in [-0.39, 0.29) is 0 Å². The van der Waals surface area contributed by atoms with Crippen LogP contribution in [0.2, 0.25) is 0 Å². The van der Waals surface area contributed by atoms with E-state index in [9.17, 15) is 0 Å². The molecule has 0 radical (unpaired) electrons. The number of aromatic nitrogens is 12. The van der Waals surface area contributed by atoms with Crippen LogP contribution in [-0.2, 0) is 0 Å². The molecule has 0 aliphatic heterocycles. The summed E-state index contributed by atoms with van der Waals surface area (Å²) in [6, 6.07) is 72.9. The fourth-order valence-electron chi connectivity index (χ4n) is 9.33. The highest BCUT2D eigenvalue weighted by molar-refractivity contribution is 6.24. The predicted molar refractivity (Wildman–Crippen MR) is 413 cm³/mol. The van der Waals surface area contributed by atoms with Crippen molar-refractivity contribution in [3.8, 4) is 0 Å². The molecule has 96 heavy (non-hydrogen) atoms. The lowest BCUT2D eigenvalue weighted by atomic mass is 10.00. The van der Waals surface area contributed by atoms with E-state index in [1.54, 1.807) is 68.0 Å². The number of benzene rings is 7. The lowest BCUT2D eigenvalue weighted by Gasteiger charge is -2.07. The lowest BCUT2D eigenvalue weighted by Crippen LogP contribution is -1.87. The number of hydrogen-bond acceptors (Lipinski definition) is 12. The Bertz CT molecular complexity index is 3930. The Balaban J connectivity index is 0.000000237. The molecule has 0 fully saturated rings. The van der Waals surface area contributed by atoms with Crippen LogP contribution < -0.4 is 0 Å². The number of nitrogens with zero attached hydrogens (tertiary/aromatic N) is 12. The zero-order chi connectivity index (χ0) is 69.4. The molecule has 0 saturated carbocycles. The number of para-hydroxylation sites is 1. The summed E-state index contributed by atoms with van der Waals surface area (Å²) < 4.78 is 0. The fourth-order valence-corrected chi connectivity index (χ4v) is 9.33. The average Bonchev–Trinajstić information content (AvgIpc) is 0.762. The van der Waals surface area contributed by atoms with E-state index in [0.29, 0.717) is 0 Å². The first-order valence-electron chi connectivity index (χ1n) is 33.4. The number of pyridine rings is 8. The van der Waals surface area contributed by atoms with Gasteiger partial charge in [0.05, 0.1) is 38.6 Å². The maximum Gasteiger partial charge on any atom is 0.159 e. The summed E-state index contributed by atoms with van der Waals surface area (Å²) in [6.07, 6.45) is 24.4. The molecule has 17 aromatic rings. The highest BCUT2D eigenvalue weighted by Gasteiger charge is 2.10. The second kappa shape index (κ2) is 46.5. The smallest absolute Gasteiger partial charge is 0.159 e. The van der Waals surface area contributed by atoms with Gasteiger partial charge >= 0.3 is 0 Å². The minimum absolute atomic E-state index is 0.810. The minimum Gasteiger partial charge on any atom is -0.265 e. The summed E-state index contributed by atoms with van der Waals surface area (Å²) >= 11 is 0. The molecule has 0 aliphatic carbocycles. The predicted octanol–water partition coefficient (Wildman–Crippen LogP) is 23.3. The molecule has 0 spiro atoms. The summed E-state index contributed by atoms with van der Waals surface area (Å²) in [5, 5.41) is 14.2. The van der Waals surface area contributed by atoms with Crippen molar-refractivity contribution in [2.24, 2.45) is 0 Å². The van der Waals surface area contributed by atoms with Crippen molar-refractivity contribution in [3.05, 3.63) is 305 Å². The number of hydrogen-bond donors (Lipinski definition) is 0. The van der Waals surface area contributed by atoms with Crippen LogP contribution in [0.1, 0.15) is 96.9 Å². The van der Waals surface area contributed by atoms with Crippen LogP contribution in [0.25, 0.3) is 109 Å². The Hall–Kier alpha value is -11.5. The van der Waals surface area contributed by atoms with E-state index in [4.69, 9.17) is 0 Å². The van der Waals surface area contributed by atoms with Gasteiger partial charge in [-0.2, -0.15) is 0 Å². The van der Waals surface area contributed by atoms with Crippen molar-refractivity contribution >= 4 is 109 Å². The molecule has 12 nitrogen and oxygen atoms in total. The minimum atomic E-state index is 0.810. The van der Waals surface area contributed by atoms with Crippen LogP contribution in [0.4, 0.5) is 0 Å². The largest absolute Gasteiger partial charge is 0.265 e. The van der Waals surface area contributed by atoms with Crippen molar-refractivity contribution in [1.82, 2.24) is 59.8 Å². The molecule has 0 amide bonds. The molecule has 0 bridgehead atoms. The van der Waals surface area contributed by atoms with Crippen molar-refractivity contribution in [1.29, 1.82) is 0 Å². The van der Waals surface area contributed by atoms with Crippen LogP contribution in [0.15, 0.2) is 305 Å². The molecule has 7 aromatic carbocycles. The molecule has 10 heterocycles. The van der Waals surface area contributed by atoms with Crippen molar-refractivity contribution in [2.45, 2.75) is 96.9 Å². The second-order valence-electron chi connectivity index (χ2n) is 18.1. The van der Waals surface area contributed by atoms with Gasteiger partial charge in [0.1, 0.15) is 6.33 Å². The number of rotatable bonds is 0. The Kier molecular flexibility index (Phi) is 37.3. The average molecular weight is 1270 g/mol. The Labute approximate surface area is 567 Å². The SMILES string of the molecule is CC.CC.CC.CC.CC.CC.CC.c1ccc2c(c1)c1ccccc1c1nccnc21.c1ccc2c(c1)c1cccnc1c1ncccc21.c1ccc2ncccc2c1.c1ccncc1.c1cnc2c(c1)ccc1cccnc12.c1cnc2ncccc2c1.c1cncnc1. The van der Waals surface area contributed by atoms with Crippen molar-refractivity contribution in [3.63, 3.8) is 0 Å². The maximum atomic E-state index is 4.50. The maximum absolute atomic E-state index is 4.50. The molecule has 17 rings (SSSR count). The van der Waals surface area contributed by atoms with Crippen LogP contribution in [-0.4, -0.2) is 59.8 Å². The Morgan fingerprint density at radius 2 is 0.448 bits per heavy atom. The molecule has 12 heteroatoms. The monoisotopic (exact) mass is 1270 g/mol. The standard InChI is InChI=1S/2C16H10N2.C12H8N2.C9H7N.C8H6N2.C5H5N.C4H4N2.7C2H6/c1-3-7-13-11(5-1)12-6-2-4-8-14(12)16-15(13)17-9-10-18-16;1-2-6-12-11(5-1)13-7-3-9-17-15(13)16-14(12)8-4-10-18-16;1-3-9-5-6-10-4-2-8-14-12(10)11(9)13-7-1;1-2-6-9-8(4-1)5-3-7-10-9;1-3-7-4-2-6-10-8(7)9-5-1;1-2-4-6-5-3-1;1-2-5-4-6-3-1;7*1-2/h2*1-10H;1-8H;1-7H;1-6H;1-5H;1-4H;7*1-2H3. The summed E-state index contributed by atoms with van der Waals surface area (Å²) in [4.78, 5) is 50.1. The summed E-state index contributed by atoms with van der Waals surface area (Å²) in [5.41, 5.74) is 7.74. The summed E-state index contributed by atoms with van der Waals surface area (Å²) in [6.45, 7) is 28.0. The van der Waals surface area contributed by atoms with Crippen molar-refractivity contribution < 1.29 is 0 Å². The zero-order valence-electron chi connectivity index (χ0n) is 58.2. The van der Waals surface area contributed by atoms with E-state index < -0.39 is 0 Å². The molecular weight excluding hydrogens is 1180 g/mol. The topological polar surface area (TPSA) is 155 Å². The second-order valence-corrected chi connectivity index (χ2v) is 18.1. The van der Waals surface area contributed by atoms with Gasteiger partial charge in [0.2, 0.25) is 0 Å². The molecule has 0 unspecified atom stereocenters. The lowest BCUT2D eigenvalue weighted by molar-refractivity contribution is 1.17. The van der Waals surface area contributed by atoms with Crippen LogP contribution in [0.3, 0.4) is 0 Å². The van der Waals surface area contributed by atoms with Gasteiger partial charge in [-0.3, -0.25) is 39.9 Å². The first-order chi connectivity index (χ1) is 47.8. The van der Waals surface area contributed by atoms with Gasteiger partial charge in [0, 0.05) is 124 Å². The van der Waals surface area contributed by atoms with E-state index in [0.717, 1.165) is 60.4 Å². The van der Waals surface area contributed by atoms with Gasteiger partial charge in [-0.15, -0.1) is 0 Å². The molecule has 0 N–H and O–H groups in total. The van der Waals surface area contributed by atoms with Gasteiger partial charge in [-0.05, 0) is 100 Å². The van der Waals surface area contributed by atoms with Gasteiger partial charge in [-0.25, -0.2) is 19.9 Å². The molecule has 0 atom stereocenters. The van der Waals surface area contributed by atoms with Crippen LogP contribution in [0, 0.1) is 0 Å². The third-order valence-corrected chi connectivity index (χ3v) is 13.0.